The lowest BCUT2D eigenvalue weighted by atomic mass is 10.3. The largest absolute Gasteiger partial charge is 0.569 e. The summed E-state index contributed by atoms with van der Waals surface area (Å²) >= 11 is 0. The Morgan fingerprint density at radius 1 is 1.33 bits per heavy atom. The Labute approximate surface area is 99.7 Å². The summed E-state index contributed by atoms with van der Waals surface area (Å²) in [7, 11) is 0. The molecular weight excluding hydrogens is 248 g/mol. The third-order valence-electron chi connectivity index (χ3n) is 1.93. The number of benzene rings is 1. The molecule has 10 nitrogen and oxygen atoms in total. The topological polar surface area (TPSA) is 142 Å². The van der Waals surface area contributed by atoms with Gasteiger partial charge < -0.3 is 15.5 Å². The molecular formula is C8H8N4O6. The molecule has 0 saturated carbocycles. The number of anilines is 1. The lowest BCUT2D eigenvalue weighted by Gasteiger charge is -2.14. The monoisotopic (exact) mass is 256 g/mol. The fraction of sp³-hybridized carbons (Fsp3) is 0.125. The van der Waals surface area contributed by atoms with E-state index in [1.54, 1.807) is 0 Å². The number of rotatable bonds is 5. The number of carbonyl (C=O) groups is 1. The standard InChI is InChI=1S/C8H8N4O6/c13-8(14)5-10(12(18)9-15)6-1-3-7(4-2-6)11(16)17/h1-4,15H,5H2,(H,13,14)/b12-9-. The molecule has 0 saturated heterocycles. The van der Waals surface area contributed by atoms with E-state index in [0.29, 0.717) is 5.01 Å². The summed E-state index contributed by atoms with van der Waals surface area (Å²) < 4.78 is 0. The third kappa shape index (κ3) is 3.04. The summed E-state index contributed by atoms with van der Waals surface area (Å²) in [6, 6.07) is 4.51. The van der Waals surface area contributed by atoms with E-state index in [1.165, 1.54) is 0 Å². The average molecular weight is 256 g/mol. The SMILES string of the molecule is O=C(O)CN(c1ccc([N+](=O)[O-])cc1)/[N+]([O-])=N/O. The smallest absolute Gasteiger partial charge is 0.329 e. The minimum Gasteiger partial charge on any atom is -0.569 e. The zero-order valence-corrected chi connectivity index (χ0v) is 8.83. The maximum atomic E-state index is 11.1. The van der Waals surface area contributed by atoms with Gasteiger partial charge in [-0.3, -0.25) is 14.9 Å². The first kappa shape index (κ1) is 13.2. The van der Waals surface area contributed by atoms with Crippen LogP contribution in [0.3, 0.4) is 0 Å². The third-order valence-corrected chi connectivity index (χ3v) is 1.93. The molecule has 10 heteroatoms. The molecule has 0 aliphatic heterocycles. The molecule has 0 unspecified atom stereocenters. The van der Waals surface area contributed by atoms with E-state index in [0.717, 1.165) is 24.3 Å². The number of nitro groups is 1. The van der Waals surface area contributed by atoms with Crippen LogP contribution in [0.4, 0.5) is 11.4 Å². The average Bonchev–Trinajstić information content (AvgIpc) is 2.35. The quantitative estimate of drug-likeness (QED) is 0.342. The highest BCUT2D eigenvalue weighted by atomic mass is 16.6. The first-order valence-corrected chi connectivity index (χ1v) is 4.51. The zero-order valence-electron chi connectivity index (χ0n) is 8.83. The number of nitro benzene ring substituents is 1. The van der Waals surface area contributed by atoms with E-state index in [4.69, 9.17) is 10.3 Å². The molecule has 0 amide bonds. The van der Waals surface area contributed by atoms with Crippen LogP contribution in [-0.4, -0.2) is 32.7 Å². The van der Waals surface area contributed by atoms with Crippen molar-refractivity contribution in [1.29, 1.82) is 0 Å². The van der Waals surface area contributed by atoms with Gasteiger partial charge in [-0.05, 0) is 12.1 Å². The lowest BCUT2D eigenvalue weighted by Crippen LogP contribution is -2.35. The van der Waals surface area contributed by atoms with Gasteiger partial charge in [0.05, 0.1) is 9.89 Å². The number of carboxylic acid groups (broad SMARTS) is 1. The maximum Gasteiger partial charge on any atom is 0.329 e. The van der Waals surface area contributed by atoms with Crippen molar-refractivity contribution in [3.05, 3.63) is 39.6 Å². The molecule has 0 fully saturated rings. The summed E-state index contributed by atoms with van der Waals surface area (Å²) in [4.78, 5) is 20.0. The summed E-state index contributed by atoms with van der Waals surface area (Å²) in [5.74, 6) is -1.34. The number of hydrogen-bond acceptors (Lipinski definition) is 5. The van der Waals surface area contributed by atoms with Crippen LogP contribution in [0.5, 0.6) is 0 Å². The molecule has 0 heterocycles. The van der Waals surface area contributed by atoms with Crippen LogP contribution in [0.25, 0.3) is 0 Å². The number of hydrazine groups is 1. The Bertz CT molecular complexity index is 485. The molecule has 1 rings (SSSR count). The number of non-ortho nitro benzene ring substituents is 1. The molecule has 0 atom stereocenters. The van der Waals surface area contributed by atoms with Crippen LogP contribution in [0.2, 0.25) is 0 Å². The second-order valence-corrected chi connectivity index (χ2v) is 3.07. The van der Waals surface area contributed by atoms with Gasteiger partial charge in [0, 0.05) is 12.1 Å². The van der Waals surface area contributed by atoms with Gasteiger partial charge in [-0.1, -0.05) is 0 Å². The summed E-state index contributed by atoms with van der Waals surface area (Å²) in [5.41, 5.74) is -0.178. The lowest BCUT2D eigenvalue weighted by molar-refractivity contribution is -0.566. The van der Waals surface area contributed by atoms with Crippen molar-refractivity contribution in [3.63, 3.8) is 0 Å². The Hall–Kier alpha value is -2.91. The molecule has 0 aliphatic carbocycles. The predicted molar refractivity (Wildman–Crippen MR) is 55.9 cm³/mol. The molecule has 0 spiro atoms. The fourth-order valence-corrected chi connectivity index (χ4v) is 1.17. The maximum absolute atomic E-state index is 11.1. The van der Waals surface area contributed by atoms with Crippen LogP contribution in [-0.2, 0) is 4.79 Å². The number of carboxylic acids is 1. The highest BCUT2D eigenvalue weighted by molar-refractivity contribution is 5.72. The van der Waals surface area contributed by atoms with Crippen LogP contribution in [0.1, 0.15) is 0 Å². The molecule has 2 N–H and O–H groups in total. The molecule has 96 valence electrons. The van der Waals surface area contributed by atoms with Crippen molar-refractivity contribution in [2.45, 2.75) is 0 Å². The van der Waals surface area contributed by atoms with Gasteiger partial charge in [-0.25, -0.2) is 0 Å². The number of hydrogen-bond donors (Lipinski definition) is 2. The van der Waals surface area contributed by atoms with Crippen molar-refractivity contribution in [3.8, 4) is 0 Å². The highest BCUT2D eigenvalue weighted by Gasteiger charge is 2.20. The van der Waals surface area contributed by atoms with E-state index < -0.39 is 17.4 Å². The van der Waals surface area contributed by atoms with Crippen LogP contribution in [0.15, 0.2) is 29.5 Å². The van der Waals surface area contributed by atoms with Crippen molar-refractivity contribution < 1.29 is 25.0 Å². The van der Waals surface area contributed by atoms with E-state index in [9.17, 15) is 20.1 Å². The van der Waals surface area contributed by atoms with Gasteiger partial charge in [-0.2, -0.15) is 0 Å². The Morgan fingerprint density at radius 2 is 1.89 bits per heavy atom. The van der Waals surface area contributed by atoms with Crippen LogP contribution >= 0.6 is 0 Å². The second kappa shape index (κ2) is 5.43. The van der Waals surface area contributed by atoms with Gasteiger partial charge in [0.2, 0.25) is 5.28 Å². The van der Waals surface area contributed by atoms with E-state index in [2.05, 4.69) is 5.28 Å². The van der Waals surface area contributed by atoms with Crippen molar-refractivity contribution in [2.75, 3.05) is 11.6 Å². The minimum atomic E-state index is -1.34. The first-order chi connectivity index (χ1) is 8.45. The molecule has 1 aromatic carbocycles. The van der Waals surface area contributed by atoms with Crippen molar-refractivity contribution in [1.82, 2.24) is 0 Å². The van der Waals surface area contributed by atoms with Gasteiger partial charge in [0.15, 0.2) is 6.54 Å². The van der Waals surface area contributed by atoms with Crippen LogP contribution in [0, 0.1) is 15.3 Å². The number of aliphatic carboxylic acids is 1. The van der Waals surface area contributed by atoms with Gasteiger partial charge in [0.25, 0.3) is 5.69 Å². The molecule has 0 aliphatic rings. The normalized spacial score (nSPS) is 11.0. The molecule has 0 aromatic heterocycles. The van der Waals surface area contributed by atoms with Gasteiger partial charge >= 0.3 is 5.97 Å². The fourth-order valence-electron chi connectivity index (χ4n) is 1.17. The summed E-state index contributed by atoms with van der Waals surface area (Å²) in [5, 5.41) is 41.3. The molecule has 18 heavy (non-hydrogen) atoms. The highest BCUT2D eigenvalue weighted by Crippen LogP contribution is 2.19. The summed E-state index contributed by atoms with van der Waals surface area (Å²) in [6.45, 7) is -0.759. The molecule has 0 bridgehead atoms. The minimum absolute atomic E-state index is 0.0378. The predicted octanol–water partition coefficient (Wildman–Crippen LogP) is 0.752. The van der Waals surface area contributed by atoms with Gasteiger partial charge in [0.1, 0.15) is 5.69 Å². The molecule has 0 radical (unpaired) electrons. The van der Waals surface area contributed by atoms with Gasteiger partial charge in [-0.15, -0.1) is 5.01 Å². The Morgan fingerprint density at radius 3 is 2.28 bits per heavy atom. The Balaban J connectivity index is 3.05. The Kier molecular flexibility index (Phi) is 3.97. The first-order valence-electron chi connectivity index (χ1n) is 4.51. The van der Waals surface area contributed by atoms with Crippen molar-refractivity contribution in [2.24, 2.45) is 5.28 Å². The van der Waals surface area contributed by atoms with E-state index in [1.807, 2.05) is 0 Å². The van der Waals surface area contributed by atoms with Crippen molar-refractivity contribution >= 4 is 17.3 Å². The zero-order chi connectivity index (χ0) is 13.7. The van der Waals surface area contributed by atoms with E-state index >= 15 is 0 Å². The van der Waals surface area contributed by atoms with E-state index in [-0.39, 0.29) is 16.3 Å². The van der Waals surface area contributed by atoms with Crippen LogP contribution < -0.4 is 5.01 Å². The second-order valence-electron chi connectivity index (χ2n) is 3.07. The molecule has 1 aromatic rings. The summed E-state index contributed by atoms with van der Waals surface area (Å²) in [6.07, 6.45) is 0. The number of nitrogens with zero attached hydrogens (tertiary/aromatic N) is 4.